The Morgan fingerprint density at radius 3 is 2.40 bits per heavy atom. The first-order valence-corrected chi connectivity index (χ1v) is 12.1. The van der Waals surface area contributed by atoms with Crippen molar-refractivity contribution in [3.8, 4) is 0 Å². The Bertz CT molecular complexity index is 1000. The third-order valence-electron chi connectivity index (χ3n) is 5.24. The molecule has 1 aromatic heterocycles. The molecular weight excluding hydrogens is 469 g/mol. The molecule has 1 aliphatic heterocycles. The van der Waals surface area contributed by atoms with Crippen molar-refractivity contribution in [3.05, 3.63) is 57.3 Å². The van der Waals surface area contributed by atoms with E-state index in [4.69, 9.17) is 34.8 Å². The van der Waals surface area contributed by atoms with Crippen molar-refractivity contribution in [2.45, 2.75) is 30.6 Å². The molecule has 1 aliphatic rings. The van der Waals surface area contributed by atoms with Gasteiger partial charge in [0.25, 0.3) is 0 Å². The molecule has 1 saturated heterocycles. The van der Waals surface area contributed by atoms with Crippen LogP contribution in [0, 0.1) is 5.92 Å². The van der Waals surface area contributed by atoms with Gasteiger partial charge >= 0.3 is 0 Å². The van der Waals surface area contributed by atoms with Gasteiger partial charge in [0.1, 0.15) is 10.0 Å². The second-order valence-electron chi connectivity index (χ2n) is 7.25. The monoisotopic (exact) mass is 489 g/mol. The number of aromatic nitrogens is 1. The Labute approximate surface area is 191 Å². The highest BCUT2D eigenvalue weighted by Crippen LogP contribution is 2.31. The molecule has 0 saturated carbocycles. The number of pyridine rings is 1. The number of nitrogens with zero attached hydrogens (tertiary/aromatic N) is 2. The minimum Gasteiger partial charge on any atom is -0.355 e. The average molecular weight is 491 g/mol. The fourth-order valence-corrected chi connectivity index (χ4v) is 6.21. The van der Waals surface area contributed by atoms with Crippen LogP contribution < -0.4 is 5.32 Å². The summed E-state index contributed by atoms with van der Waals surface area (Å²) in [6.45, 7) is 2.83. The van der Waals surface area contributed by atoms with E-state index in [9.17, 15) is 13.2 Å². The first-order chi connectivity index (χ1) is 14.2. The molecule has 2 heterocycles. The van der Waals surface area contributed by atoms with Crippen LogP contribution in [0.2, 0.25) is 15.2 Å². The minimum absolute atomic E-state index is 0.0139. The molecule has 3 rings (SSSR count). The zero-order valence-electron chi connectivity index (χ0n) is 16.3. The maximum absolute atomic E-state index is 12.8. The average Bonchev–Trinajstić information content (AvgIpc) is 2.72. The molecule has 6 nitrogen and oxygen atoms in total. The molecule has 0 aliphatic carbocycles. The zero-order valence-corrected chi connectivity index (χ0v) is 19.4. The van der Waals surface area contributed by atoms with Crippen molar-refractivity contribution in [1.29, 1.82) is 0 Å². The summed E-state index contributed by atoms with van der Waals surface area (Å²) in [5.41, 5.74) is 0.801. The number of hydrogen-bond acceptors (Lipinski definition) is 4. The van der Waals surface area contributed by atoms with Gasteiger partial charge in [-0.15, -0.1) is 0 Å². The number of halogens is 3. The van der Waals surface area contributed by atoms with Crippen LogP contribution in [0.15, 0.2) is 41.4 Å². The lowest BCUT2D eigenvalue weighted by atomic mass is 9.96. The lowest BCUT2D eigenvalue weighted by Gasteiger charge is -2.31. The van der Waals surface area contributed by atoms with Gasteiger partial charge in [0, 0.05) is 47.7 Å². The highest BCUT2D eigenvalue weighted by molar-refractivity contribution is 7.89. The summed E-state index contributed by atoms with van der Waals surface area (Å²) in [6, 6.07) is 8.29. The third-order valence-corrected chi connectivity index (χ3v) is 8.25. The maximum Gasteiger partial charge on any atom is 0.246 e. The molecule has 0 bridgehead atoms. The standard InChI is InChI=1S/C20H22Cl3N3O3S/c1-13(18-15(21)4-2-5-16(18)22)12-25-20(27)14-7-10-26(11-8-14)30(28,29)17-6-3-9-24-19(17)23/h2-6,9,13-14H,7-8,10-12H2,1H3,(H,25,27). The molecule has 1 amide bonds. The number of carbonyl (C=O) groups is 1. The van der Waals surface area contributed by atoms with Crippen LogP contribution >= 0.6 is 34.8 Å². The summed E-state index contributed by atoms with van der Waals surface area (Å²) < 4.78 is 26.9. The summed E-state index contributed by atoms with van der Waals surface area (Å²) in [4.78, 5) is 16.4. The number of carbonyl (C=O) groups excluding carboxylic acids is 1. The molecule has 0 spiro atoms. The Kier molecular flexibility index (Phi) is 7.63. The number of rotatable bonds is 6. The van der Waals surface area contributed by atoms with E-state index in [2.05, 4.69) is 10.3 Å². The molecule has 2 aromatic rings. The van der Waals surface area contributed by atoms with E-state index >= 15 is 0 Å². The minimum atomic E-state index is -3.74. The molecule has 162 valence electrons. The topological polar surface area (TPSA) is 79.4 Å². The molecule has 1 fully saturated rings. The van der Waals surface area contributed by atoms with Crippen molar-refractivity contribution < 1.29 is 13.2 Å². The predicted octanol–water partition coefficient (Wildman–Crippen LogP) is 4.36. The number of sulfonamides is 1. The highest BCUT2D eigenvalue weighted by Gasteiger charge is 2.33. The van der Waals surface area contributed by atoms with Gasteiger partial charge < -0.3 is 5.32 Å². The number of benzene rings is 1. The van der Waals surface area contributed by atoms with Crippen molar-refractivity contribution >= 4 is 50.7 Å². The van der Waals surface area contributed by atoms with E-state index in [-0.39, 0.29) is 40.9 Å². The Balaban J connectivity index is 1.56. The fourth-order valence-electron chi connectivity index (χ4n) is 3.54. The summed E-state index contributed by atoms with van der Waals surface area (Å²) in [5.74, 6) is -0.403. The van der Waals surface area contributed by atoms with Crippen molar-refractivity contribution in [3.63, 3.8) is 0 Å². The van der Waals surface area contributed by atoms with Crippen molar-refractivity contribution in [1.82, 2.24) is 14.6 Å². The van der Waals surface area contributed by atoms with Crippen LogP contribution in [0.4, 0.5) is 0 Å². The SMILES string of the molecule is CC(CNC(=O)C1CCN(S(=O)(=O)c2cccnc2Cl)CC1)c1c(Cl)cccc1Cl. The van der Waals surface area contributed by atoms with Crippen molar-refractivity contribution in [2.24, 2.45) is 5.92 Å². The van der Waals surface area contributed by atoms with Gasteiger partial charge in [-0.05, 0) is 42.7 Å². The van der Waals surface area contributed by atoms with Crippen LogP contribution in [-0.4, -0.2) is 43.2 Å². The Morgan fingerprint density at radius 2 is 1.80 bits per heavy atom. The summed E-state index contributed by atoms with van der Waals surface area (Å²) >= 11 is 18.4. The highest BCUT2D eigenvalue weighted by atomic mass is 35.5. The lowest BCUT2D eigenvalue weighted by Crippen LogP contribution is -2.43. The van der Waals surface area contributed by atoms with E-state index in [1.807, 2.05) is 6.92 Å². The number of piperidine rings is 1. The van der Waals surface area contributed by atoms with Gasteiger partial charge in [0.15, 0.2) is 0 Å². The smallest absolute Gasteiger partial charge is 0.246 e. The maximum atomic E-state index is 12.8. The van der Waals surface area contributed by atoms with E-state index < -0.39 is 10.0 Å². The first kappa shape index (κ1) is 23.3. The fraction of sp³-hybridized carbons (Fsp3) is 0.400. The molecular formula is C20H22Cl3N3O3S. The number of amides is 1. The molecule has 30 heavy (non-hydrogen) atoms. The third kappa shape index (κ3) is 5.08. The van der Waals surface area contributed by atoms with Crippen LogP contribution in [-0.2, 0) is 14.8 Å². The quantitative estimate of drug-likeness (QED) is 0.610. The van der Waals surface area contributed by atoms with E-state index in [0.29, 0.717) is 29.4 Å². The van der Waals surface area contributed by atoms with Crippen molar-refractivity contribution in [2.75, 3.05) is 19.6 Å². The number of hydrogen-bond donors (Lipinski definition) is 1. The Morgan fingerprint density at radius 1 is 1.17 bits per heavy atom. The largest absolute Gasteiger partial charge is 0.355 e. The van der Waals surface area contributed by atoms with Crippen LogP contribution in [0.1, 0.15) is 31.2 Å². The van der Waals surface area contributed by atoms with Crippen LogP contribution in [0.5, 0.6) is 0 Å². The normalized spacial score (nSPS) is 16.9. The lowest BCUT2D eigenvalue weighted by molar-refractivity contribution is -0.126. The first-order valence-electron chi connectivity index (χ1n) is 9.54. The molecule has 10 heteroatoms. The van der Waals surface area contributed by atoms with Gasteiger partial charge in [-0.1, -0.05) is 47.8 Å². The van der Waals surface area contributed by atoms with Crippen LogP contribution in [0.25, 0.3) is 0 Å². The summed E-state index contributed by atoms with van der Waals surface area (Å²) in [7, 11) is -3.74. The molecule has 1 atom stereocenters. The van der Waals surface area contributed by atoms with Gasteiger partial charge in [0.2, 0.25) is 15.9 Å². The summed E-state index contributed by atoms with van der Waals surface area (Å²) in [5, 5.41) is 4.03. The van der Waals surface area contributed by atoms with E-state index in [1.54, 1.807) is 18.2 Å². The molecule has 1 N–H and O–H groups in total. The second-order valence-corrected chi connectivity index (χ2v) is 10.3. The molecule has 1 unspecified atom stereocenters. The molecule has 1 aromatic carbocycles. The van der Waals surface area contributed by atoms with Gasteiger partial charge in [-0.3, -0.25) is 4.79 Å². The zero-order chi connectivity index (χ0) is 21.9. The Hall–Kier alpha value is -1.38. The van der Waals surface area contributed by atoms with Gasteiger partial charge in [0.05, 0.1) is 0 Å². The summed E-state index contributed by atoms with van der Waals surface area (Å²) in [6.07, 6.45) is 2.31. The van der Waals surface area contributed by atoms with Crippen LogP contribution in [0.3, 0.4) is 0 Å². The van der Waals surface area contributed by atoms with Gasteiger partial charge in [-0.2, -0.15) is 4.31 Å². The number of nitrogens with one attached hydrogen (secondary N) is 1. The van der Waals surface area contributed by atoms with Gasteiger partial charge in [-0.25, -0.2) is 13.4 Å². The molecule has 0 radical (unpaired) electrons. The predicted molar refractivity (Wildman–Crippen MR) is 119 cm³/mol. The van der Waals surface area contributed by atoms with E-state index in [1.165, 1.54) is 22.6 Å². The van der Waals surface area contributed by atoms with E-state index in [0.717, 1.165) is 5.56 Å². The second kappa shape index (κ2) is 9.83.